The lowest BCUT2D eigenvalue weighted by Gasteiger charge is -2.12. The summed E-state index contributed by atoms with van der Waals surface area (Å²) in [4.78, 5) is 2.49. The van der Waals surface area contributed by atoms with E-state index in [1.807, 2.05) is 11.8 Å². The number of rotatable bonds is 3. The largest absolute Gasteiger partial charge is 0.496 e. The summed E-state index contributed by atoms with van der Waals surface area (Å²) >= 11 is 10.3. The normalized spacial score (nSPS) is 15.8. The zero-order valence-electron chi connectivity index (χ0n) is 11.0. The highest BCUT2D eigenvalue weighted by Crippen LogP contribution is 2.42. The van der Waals surface area contributed by atoms with E-state index in [0.717, 1.165) is 17.1 Å². The lowest BCUT2D eigenvalue weighted by Crippen LogP contribution is -1.97. The molecular weight excluding hydrogens is 315 g/mol. The van der Waals surface area contributed by atoms with Crippen LogP contribution in [0.25, 0.3) is 0 Å². The van der Waals surface area contributed by atoms with E-state index in [2.05, 4.69) is 6.07 Å². The Morgan fingerprint density at radius 3 is 2.95 bits per heavy atom. The van der Waals surface area contributed by atoms with Crippen molar-refractivity contribution in [1.29, 1.82) is 0 Å². The zero-order valence-corrected chi connectivity index (χ0v) is 13.4. The van der Waals surface area contributed by atoms with Crippen LogP contribution in [0, 0.1) is 5.82 Å². The molecule has 0 fully saturated rings. The lowest BCUT2D eigenvalue weighted by atomic mass is 10.1. The Balaban J connectivity index is 1.97. The Bertz CT molecular complexity index is 603. The molecule has 1 nitrogen and oxygen atoms in total. The molecule has 1 aliphatic rings. The smallest absolute Gasteiger partial charge is 0.124 e. The first-order valence-electron chi connectivity index (χ1n) is 6.36. The third-order valence-corrected chi connectivity index (χ3v) is 6.27. The van der Waals surface area contributed by atoms with E-state index in [4.69, 9.17) is 16.3 Å². The summed E-state index contributed by atoms with van der Waals surface area (Å²) in [6.07, 6.45) is 1.11. The van der Waals surface area contributed by atoms with Gasteiger partial charge in [-0.2, -0.15) is 11.8 Å². The zero-order chi connectivity index (χ0) is 14.1. The minimum Gasteiger partial charge on any atom is -0.496 e. The monoisotopic (exact) mass is 328 g/mol. The second kappa shape index (κ2) is 5.96. The van der Waals surface area contributed by atoms with Crippen molar-refractivity contribution in [2.75, 3.05) is 12.9 Å². The molecule has 1 atom stereocenters. The number of thioether (sulfide) groups is 1. The fourth-order valence-electron chi connectivity index (χ4n) is 2.35. The number of methoxy groups -OCH3 is 1. The maximum Gasteiger partial charge on any atom is 0.124 e. The van der Waals surface area contributed by atoms with Gasteiger partial charge in [0.15, 0.2) is 0 Å². The average Bonchev–Trinajstić information content (AvgIpc) is 2.90. The van der Waals surface area contributed by atoms with Gasteiger partial charge in [-0.05, 0) is 42.0 Å². The summed E-state index contributed by atoms with van der Waals surface area (Å²) in [6.45, 7) is 0. The number of alkyl halides is 1. The molecule has 0 saturated heterocycles. The molecular formula is C15H14ClFOS2. The first-order chi connectivity index (χ1) is 9.69. The van der Waals surface area contributed by atoms with Crippen LogP contribution in [0.3, 0.4) is 0 Å². The van der Waals surface area contributed by atoms with Crippen LogP contribution in [-0.4, -0.2) is 12.9 Å². The first-order valence-corrected chi connectivity index (χ1v) is 8.76. The van der Waals surface area contributed by atoms with Crippen molar-refractivity contribution in [1.82, 2.24) is 0 Å². The van der Waals surface area contributed by atoms with Crippen LogP contribution in [0.1, 0.15) is 26.3 Å². The summed E-state index contributed by atoms with van der Waals surface area (Å²) in [5.74, 6) is 2.56. The second-order valence-electron chi connectivity index (χ2n) is 4.65. The molecule has 0 amide bonds. The Hall–Kier alpha value is -0.710. The molecule has 2 aromatic rings. The van der Waals surface area contributed by atoms with E-state index in [1.54, 1.807) is 24.5 Å². The second-order valence-corrected chi connectivity index (χ2v) is 7.36. The van der Waals surface area contributed by atoms with Crippen LogP contribution in [0.15, 0.2) is 24.3 Å². The molecule has 0 N–H and O–H groups in total. The number of benzene rings is 1. The lowest BCUT2D eigenvalue weighted by molar-refractivity contribution is 0.409. The van der Waals surface area contributed by atoms with E-state index >= 15 is 0 Å². The summed E-state index contributed by atoms with van der Waals surface area (Å²) in [7, 11) is 1.58. The van der Waals surface area contributed by atoms with Crippen molar-refractivity contribution in [2.24, 2.45) is 0 Å². The predicted octanol–water partition coefficient (Wildman–Crippen LogP) is 5.01. The number of halogens is 2. The molecule has 0 saturated carbocycles. The minimum atomic E-state index is -0.360. The summed E-state index contributed by atoms with van der Waals surface area (Å²) in [5.41, 5.74) is 2.07. The number of aryl methyl sites for hydroxylation is 1. The molecule has 0 radical (unpaired) electrons. The van der Waals surface area contributed by atoms with Crippen molar-refractivity contribution in [2.45, 2.75) is 17.6 Å². The van der Waals surface area contributed by atoms with Gasteiger partial charge in [-0.1, -0.05) is 0 Å². The SMILES string of the molecule is COc1ccc(F)cc1C(Cl)c1cc2c(s1)CCSC2. The van der Waals surface area contributed by atoms with Gasteiger partial charge in [-0.3, -0.25) is 0 Å². The van der Waals surface area contributed by atoms with Crippen molar-refractivity contribution >= 4 is 34.7 Å². The van der Waals surface area contributed by atoms with Gasteiger partial charge in [-0.25, -0.2) is 4.39 Å². The fourth-order valence-corrected chi connectivity index (χ4v) is 5.09. The number of fused-ring (bicyclic) bond motifs is 1. The van der Waals surface area contributed by atoms with Gasteiger partial charge in [0.2, 0.25) is 0 Å². The standard InChI is InChI=1S/C15H14ClFOS2/c1-18-12-3-2-10(17)7-11(12)15(16)14-6-9-8-19-5-4-13(9)20-14/h2-3,6-7,15H,4-5,8H2,1H3. The van der Waals surface area contributed by atoms with Crippen molar-refractivity contribution in [3.63, 3.8) is 0 Å². The predicted molar refractivity (Wildman–Crippen MR) is 84.8 cm³/mol. The van der Waals surface area contributed by atoms with E-state index < -0.39 is 0 Å². The highest BCUT2D eigenvalue weighted by molar-refractivity contribution is 7.98. The molecule has 1 aromatic carbocycles. The quantitative estimate of drug-likeness (QED) is 0.732. The molecule has 0 spiro atoms. The minimum absolute atomic E-state index is 0.289. The summed E-state index contributed by atoms with van der Waals surface area (Å²) < 4.78 is 18.8. The number of ether oxygens (including phenoxy) is 1. The molecule has 0 aliphatic carbocycles. The first kappa shape index (κ1) is 14.2. The summed E-state index contributed by atoms with van der Waals surface area (Å²) in [6, 6.07) is 6.64. The Morgan fingerprint density at radius 2 is 2.20 bits per heavy atom. The molecule has 5 heteroatoms. The van der Waals surface area contributed by atoms with Crippen molar-refractivity contribution in [3.05, 3.63) is 51.0 Å². The molecule has 106 valence electrons. The van der Waals surface area contributed by atoms with Crippen LogP contribution in [-0.2, 0) is 12.2 Å². The Morgan fingerprint density at radius 1 is 1.35 bits per heavy atom. The Labute approximate surface area is 131 Å². The maximum atomic E-state index is 13.5. The van der Waals surface area contributed by atoms with Crippen molar-refractivity contribution in [3.8, 4) is 5.75 Å². The maximum absolute atomic E-state index is 13.5. The molecule has 1 aromatic heterocycles. The van der Waals surface area contributed by atoms with Gasteiger partial charge in [0.05, 0.1) is 12.5 Å². The number of thiophene rings is 1. The molecule has 3 rings (SSSR count). The highest BCUT2D eigenvalue weighted by Gasteiger charge is 2.22. The highest BCUT2D eigenvalue weighted by atomic mass is 35.5. The molecule has 1 unspecified atom stereocenters. The van der Waals surface area contributed by atoms with E-state index in [-0.39, 0.29) is 11.2 Å². The van der Waals surface area contributed by atoms with Crippen LogP contribution in [0.2, 0.25) is 0 Å². The molecule has 1 aliphatic heterocycles. The van der Waals surface area contributed by atoms with Gasteiger partial charge < -0.3 is 4.74 Å². The molecule has 0 bridgehead atoms. The van der Waals surface area contributed by atoms with Crippen LogP contribution >= 0.6 is 34.7 Å². The fraction of sp³-hybridized carbons (Fsp3) is 0.333. The average molecular weight is 329 g/mol. The van der Waals surface area contributed by atoms with E-state index in [0.29, 0.717) is 11.3 Å². The van der Waals surface area contributed by atoms with Gasteiger partial charge in [0, 0.05) is 21.1 Å². The van der Waals surface area contributed by atoms with Gasteiger partial charge in [0.25, 0.3) is 0 Å². The van der Waals surface area contributed by atoms with Gasteiger partial charge >= 0.3 is 0 Å². The number of hydrogen-bond donors (Lipinski definition) is 0. The summed E-state index contributed by atoms with van der Waals surface area (Å²) in [5, 5.41) is -0.360. The third kappa shape index (κ3) is 2.69. The topological polar surface area (TPSA) is 9.23 Å². The van der Waals surface area contributed by atoms with E-state index in [9.17, 15) is 4.39 Å². The molecule has 20 heavy (non-hydrogen) atoms. The van der Waals surface area contributed by atoms with E-state index in [1.165, 1.54) is 28.3 Å². The van der Waals surface area contributed by atoms with Gasteiger partial charge in [0.1, 0.15) is 11.6 Å². The van der Waals surface area contributed by atoms with Crippen LogP contribution < -0.4 is 4.74 Å². The van der Waals surface area contributed by atoms with Crippen molar-refractivity contribution < 1.29 is 9.13 Å². The Kier molecular flexibility index (Phi) is 4.24. The molecule has 2 heterocycles. The van der Waals surface area contributed by atoms with Gasteiger partial charge in [-0.15, -0.1) is 22.9 Å². The third-order valence-electron chi connectivity index (χ3n) is 3.36. The van der Waals surface area contributed by atoms with Crippen LogP contribution in [0.4, 0.5) is 4.39 Å². The van der Waals surface area contributed by atoms with Crippen LogP contribution in [0.5, 0.6) is 5.75 Å². The number of hydrogen-bond acceptors (Lipinski definition) is 3.